The highest BCUT2D eigenvalue weighted by molar-refractivity contribution is 5.42. The lowest BCUT2D eigenvalue weighted by molar-refractivity contribution is -0.0117. The summed E-state index contributed by atoms with van der Waals surface area (Å²) >= 11 is 0. The Labute approximate surface area is 101 Å². The van der Waals surface area contributed by atoms with Gasteiger partial charge in [0.25, 0.3) is 0 Å². The van der Waals surface area contributed by atoms with E-state index in [2.05, 4.69) is 22.2 Å². The molecule has 1 saturated heterocycles. The summed E-state index contributed by atoms with van der Waals surface area (Å²) in [6.07, 6.45) is 1.88. The van der Waals surface area contributed by atoms with E-state index in [-0.39, 0.29) is 6.10 Å². The summed E-state index contributed by atoms with van der Waals surface area (Å²) in [6.45, 7) is 3.48. The van der Waals surface area contributed by atoms with Gasteiger partial charge >= 0.3 is 0 Å². The fourth-order valence-electron chi connectivity index (χ4n) is 1.79. The standard InChI is InChI=1S/C12H16N4O/c1-16-4-5-17-12(9-16)8-15-11-3-2-10(6-13)14-7-11/h2-3,7,12,15H,4-5,8-9H2,1H3. The van der Waals surface area contributed by atoms with Crippen LogP contribution in [0.2, 0.25) is 0 Å². The van der Waals surface area contributed by atoms with Crippen LogP contribution in [-0.2, 0) is 4.74 Å². The van der Waals surface area contributed by atoms with Crippen molar-refractivity contribution in [2.75, 3.05) is 38.6 Å². The van der Waals surface area contributed by atoms with Gasteiger partial charge in [0, 0.05) is 19.6 Å². The molecule has 0 radical (unpaired) electrons. The summed E-state index contributed by atoms with van der Waals surface area (Å²) in [5.41, 5.74) is 1.35. The van der Waals surface area contributed by atoms with Gasteiger partial charge in [-0.05, 0) is 19.2 Å². The molecule has 1 atom stereocenters. The van der Waals surface area contributed by atoms with Crippen molar-refractivity contribution in [2.45, 2.75) is 6.10 Å². The van der Waals surface area contributed by atoms with Crippen molar-refractivity contribution in [3.8, 4) is 6.07 Å². The Morgan fingerprint density at radius 3 is 3.18 bits per heavy atom. The lowest BCUT2D eigenvalue weighted by atomic mass is 10.2. The highest BCUT2D eigenvalue weighted by Crippen LogP contribution is 2.08. The van der Waals surface area contributed by atoms with E-state index in [0.717, 1.165) is 31.9 Å². The molecule has 1 aliphatic heterocycles. The molecule has 90 valence electrons. The van der Waals surface area contributed by atoms with E-state index in [1.54, 1.807) is 12.3 Å². The Morgan fingerprint density at radius 1 is 1.65 bits per heavy atom. The Balaban J connectivity index is 1.83. The number of nitriles is 1. The van der Waals surface area contributed by atoms with Gasteiger partial charge in [0.1, 0.15) is 11.8 Å². The van der Waals surface area contributed by atoms with Crippen molar-refractivity contribution >= 4 is 5.69 Å². The largest absolute Gasteiger partial charge is 0.381 e. The Morgan fingerprint density at radius 2 is 2.53 bits per heavy atom. The molecule has 0 bridgehead atoms. The van der Waals surface area contributed by atoms with Crippen LogP contribution in [0.3, 0.4) is 0 Å². The number of rotatable bonds is 3. The van der Waals surface area contributed by atoms with Gasteiger partial charge in [0.15, 0.2) is 0 Å². The van der Waals surface area contributed by atoms with Crippen molar-refractivity contribution in [3.05, 3.63) is 24.0 Å². The molecule has 2 heterocycles. The molecule has 2 rings (SSSR count). The van der Waals surface area contributed by atoms with Crippen LogP contribution in [-0.4, -0.2) is 49.3 Å². The second kappa shape index (κ2) is 5.62. The number of likely N-dealkylation sites (N-methyl/N-ethyl adjacent to an activating group) is 1. The number of morpholine rings is 1. The number of ether oxygens (including phenoxy) is 1. The maximum absolute atomic E-state index is 8.63. The van der Waals surface area contributed by atoms with Crippen molar-refractivity contribution in [2.24, 2.45) is 0 Å². The van der Waals surface area contributed by atoms with Gasteiger partial charge in [-0.2, -0.15) is 5.26 Å². The fraction of sp³-hybridized carbons (Fsp3) is 0.500. The highest BCUT2D eigenvalue weighted by Gasteiger charge is 2.16. The first kappa shape index (κ1) is 11.8. The van der Waals surface area contributed by atoms with Crippen LogP contribution in [0.5, 0.6) is 0 Å². The third-order valence-electron chi connectivity index (χ3n) is 2.75. The normalized spacial score (nSPS) is 20.8. The quantitative estimate of drug-likeness (QED) is 0.831. The minimum Gasteiger partial charge on any atom is -0.381 e. The summed E-state index contributed by atoms with van der Waals surface area (Å²) < 4.78 is 5.64. The van der Waals surface area contributed by atoms with Crippen molar-refractivity contribution in [1.82, 2.24) is 9.88 Å². The molecule has 5 heteroatoms. The molecule has 1 aromatic heterocycles. The number of nitrogens with one attached hydrogen (secondary N) is 1. The fourth-order valence-corrected chi connectivity index (χ4v) is 1.79. The first-order chi connectivity index (χ1) is 8.28. The molecule has 17 heavy (non-hydrogen) atoms. The van der Waals surface area contributed by atoms with Crippen molar-refractivity contribution in [3.63, 3.8) is 0 Å². The highest BCUT2D eigenvalue weighted by atomic mass is 16.5. The van der Waals surface area contributed by atoms with Gasteiger partial charge in [-0.3, -0.25) is 0 Å². The number of anilines is 1. The van der Waals surface area contributed by atoms with E-state index in [1.165, 1.54) is 0 Å². The second-order valence-corrected chi connectivity index (χ2v) is 4.18. The molecule has 0 spiro atoms. The van der Waals surface area contributed by atoms with Crippen molar-refractivity contribution in [1.29, 1.82) is 5.26 Å². The summed E-state index contributed by atoms with van der Waals surface area (Å²) in [5, 5.41) is 11.9. The minimum atomic E-state index is 0.212. The molecule has 1 N–H and O–H groups in total. The van der Waals surface area contributed by atoms with Crippen LogP contribution >= 0.6 is 0 Å². The topological polar surface area (TPSA) is 61.2 Å². The van der Waals surface area contributed by atoms with Crippen molar-refractivity contribution < 1.29 is 4.74 Å². The summed E-state index contributed by atoms with van der Waals surface area (Å²) in [5.74, 6) is 0. The number of hydrogen-bond acceptors (Lipinski definition) is 5. The predicted molar refractivity (Wildman–Crippen MR) is 64.7 cm³/mol. The van der Waals surface area contributed by atoms with E-state index >= 15 is 0 Å². The maximum atomic E-state index is 8.63. The van der Waals surface area contributed by atoms with E-state index in [4.69, 9.17) is 10.00 Å². The van der Waals surface area contributed by atoms with Crippen LogP contribution in [0.15, 0.2) is 18.3 Å². The molecule has 0 amide bonds. The second-order valence-electron chi connectivity index (χ2n) is 4.18. The van der Waals surface area contributed by atoms with E-state index < -0.39 is 0 Å². The zero-order valence-corrected chi connectivity index (χ0v) is 9.89. The molecular weight excluding hydrogens is 216 g/mol. The predicted octanol–water partition coefficient (Wildman–Crippen LogP) is 0.696. The Kier molecular flexibility index (Phi) is 3.91. The number of nitrogens with zero attached hydrogens (tertiary/aromatic N) is 3. The van der Waals surface area contributed by atoms with Crippen LogP contribution in [0.25, 0.3) is 0 Å². The monoisotopic (exact) mass is 232 g/mol. The van der Waals surface area contributed by atoms with Crippen LogP contribution in [0, 0.1) is 11.3 Å². The third-order valence-corrected chi connectivity index (χ3v) is 2.75. The van der Waals surface area contributed by atoms with Gasteiger partial charge in [-0.1, -0.05) is 0 Å². The number of aromatic nitrogens is 1. The lowest BCUT2D eigenvalue weighted by Gasteiger charge is -2.30. The Hall–Kier alpha value is -1.64. The van der Waals surface area contributed by atoms with Gasteiger partial charge < -0.3 is 15.0 Å². The molecule has 5 nitrogen and oxygen atoms in total. The smallest absolute Gasteiger partial charge is 0.140 e. The van der Waals surface area contributed by atoms with Gasteiger partial charge in [0.2, 0.25) is 0 Å². The SMILES string of the molecule is CN1CCOC(CNc2ccc(C#N)nc2)C1. The average molecular weight is 232 g/mol. The zero-order chi connectivity index (χ0) is 12.1. The molecular formula is C12H16N4O. The summed E-state index contributed by atoms with van der Waals surface area (Å²) in [6, 6.07) is 5.56. The minimum absolute atomic E-state index is 0.212. The third kappa shape index (κ3) is 3.41. The summed E-state index contributed by atoms with van der Waals surface area (Å²) in [4.78, 5) is 6.26. The van der Waals surface area contributed by atoms with E-state index in [9.17, 15) is 0 Å². The van der Waals surface area contributed by atoms with Crippen LogP contribution in [0.1, 0.15) is 5.69 Å². The number of pyridine rings is 1. The zero-order valence-electron chi connectivity index (χ0n) is 9.89. The maximum Gasteiger partial charge on any atom is 0.140 e. The molecule has 0 saturated carbocycles. The van der Waals surface area contributed by atoms with Crippen LogP contribution < -0.4 is 5.32 Å². The molecule has 0 aliphatic carbocycles. The molecule has 0 aromatic carbocycles. The lowest BCUT2D eigenvalue weighted by Crippen LogP contribution is -2.43. The Bertz CT molecular complexity index is 398. The van der Waals surface area contributed by atoms with Gasteiger partial charge in [-0.15, -0.1) is 0 Å². The van der Waals surface area contributed by atoms with Gasteiger partial charge in [0.05, 0.1) is 24.6 Å². The molecule has 1 fully saturated rings. The number of hydrogen-bond donors (Lipinski definition) is 1. The first-order valence-electron chi connectivity index (χ1n) is 5.68. The molecule has 1 aromatic rings. The average Bonchev–Trinajstić information content (AvgIpc) is 2.37. The summed E-state index contributed by atoms with van der Waals surface area (Å²) in [7, 11) is 2.10. The molecule has 1 aliphatic rings. The molecule has 1 unspecified atom stereocenters. The first-order valence-corrected chi connectivity index (χ1v) is 5.68. The van der Waals surface area contributed by atoms with Gasteiger partial charge in [-0.25, -0.2) is 4.98 Å². The van der Waals surface area contributed by atoms with E-state index in [0.29, 0.717) is 5.69 Å². The van der Waals surface area contributed by atoms with E-state index in [1.807, 2.05) is 12.1 Å². The van der Waals surface area contributed by atoms with Crippen LogP contribution in [0.4, 0.5) is 5.69 Å².